The zero-order valence-corrected chi connectivity index (χ0v) is 12.9. The predicted molar refractivity (Wildman–Crippen MR) is 72.9 cm³/mol. The van der Waals surface area contributed by atoms with Crippen LogP contribution in [0.5, 0.6) is 0 Å². The van der Waals surface area contributed by atoms with Crippen molar-refractivity contribution in [3.05, 3.63) is 10.1 Å². The molecule has 0 amide bonds. The number of nitro groups is 1. The van der Waals surface area contributed by atoms with Gasteiger partial charge in [0.2, 0.25) is 5.54 Å². The van der Waals surface area contributed by atoms with Crippen LogP contribution in [-0.2, 0) is 19.0 Å². The van der Waals surface area contributed by atoms with Crippen molar-refractivity contribution in [1.82, 2.24) is 0 Å². The standard InChI is InChI=1S/C13H25NO6/c1-10(2)8-11(20-9-18-4)13(3,14(16)17)7-6-12(15)19-5/h10-11H,6-9H2,1-5H3/t11-,13+/m1/s1. The lowest BCUT2D eigenvalue weighted by molar-refractivity contribution is -0.582. The Morgan fingerprint density at radius 3 is 2.35 bits per heavy atom. The van der Waals surface area contributed by atoms with Gasteiger partial charge in [-0.15, -0.1) is 0 Å². The van der Waals surface area contributed by atoms with Crippen molar-refractivity contribution in [2.24, 2.45) is 5.92 Å². The first-order chi connectivity index (χ1) is 9.27. The van der Waals surface area contributed by atoms with Gasteiger partial charge in [-0.1, -0.05) is 13.8 Å². The van der Waals surface area contributed by atoms with Crippen molar-refractivity contribution in [2.75, 3.05) is 21.0 Å². The second-order valence-electron chi connectivity index (χ2n) is 5.38. The van der Waals surface area contributed by atoms with Crippen LogP contribution in [0.3, 0.4) is 0 Å². The van der Waals surface area contributed by atoms with Crippen molar-refractivity contribution in [3.8, 4) is 0 Å². The van der Waals surface area contributed by atoms with E-state index in [-0.39, 0.29) is 30.5 Å². The Hall–Kier alpha value is -1.21. The summed E-state index contributed by atoms with van der Waals surface area (Å²) in [7, 11) is 2.73. The van der Waals surface area contributed by atoms with Gasteiger partial charge in [0, 0.05) is 25.4 Å². The third kappa shape index (κ3) is 5.83. The summed E-state index contributed by atoms with van der Waals surface area (Å²) >= 11 is 0. The van der Waals surface area contributed by atoms with E-state index in [2.05, 4.69) is 4.74 Å². The Morgan fingerprint density at radius 2 is 1.95 bits per heavy atom. The molecule has 0 saturated heterocycles. The fourth-order valence-corrected chi connectivity index (χ4v) is 1.91. The van der Waals surface area contributed by atoms with Crippen LogP contribution in [0.25, 0.3) is 0 Å². The highest BCUT2D eigenvalue weighted by atomic mass is 16.7. The van der Waals surface area contributed by atoms with Crippen molar-refractivity contribution in [2.45, 2.75) is 51.7 Å². The maximum Gasteiger partial charge on any atom is 0.305 e. The van der Waals surface area contributed by atoms with Crippen molar-refractivity contribution < 1.29 is 23.9 Å². The second-order valence-corrected chi connectivity index (χ2v) is 5.38. The first-order valence-electron chi connectivity index (χ1n) is 6.59. The van der Waals surface area contributed by atoms with Gasteiger partial charge in [-0.05, 0) is 12.3 Å². The third-order valence-corrected chi connectivity index (χ3v) is 3.25. The SMILES string of the molecule is COCO[C@H](CC(C)C)[C@](C)(CCC(=O)OC)[N+](=O)[O-]. The van der Waals surface area contributed by atoms with Crippen LogP contribution in [0.15, 0.2) is 0 Å². The van der Waals surface area contributed by atoms with Gasteiger partial charge in [-0.3, -0.25) is 14.9 Å². The minimum atomic E-state index is -1.35. The zero-order chi connectivity index (χ0) is 15.8. The fraction of sp³-hybridized carbons (Fsp3) is 0.923. The molecule has 0 aromatic carbocycles. The normalized spacial score (nSPS) is 15.7. The van der Waals surface area contributed by atoms with Crippen LogP contribution >= 0.6 is 0 Å². The molecule has 0 heterocycles. The molecule has 7 heteroatoms. The molecule has 0 unspecified atom stereocenters. The van der Waals surface area contributed by atoms with Gasteiger partial charge in [-0.25, -0.2) is 0 Å². The summed E-state index contributed by atoms with van der Waals surface area (Å²) in [4.78, 5) is 22.3. The molecule has 0 bridgehead atoms. The first kappa shape index (κ1) is 18.8. The maximum atomic E-state index is 11.4. The smallest absolute Gasteiger partial charge is 0.305 e. The first-order valence-corrected chi connectivity index (χ1v) is 6.59. The fourth-order valence-electron chi connectivity index (χ4n) is 1.91. The Morgan fingerprint density at radius 1 is 1.35 bits per heavy atom. The number of nitrogens with zero attached hydrogens (tertiary/aromatic N) is 1. The number of carbonyl (C=O) groups is 1. The summed E-state index contributed by atoms with van der Waals surface area (Å²) < 4.78 is 14.9. The van der Waals surface area contributed by atoms with Gasteiger partial charge in [-0.2, -0.15) is 0 Å². The van der Waals surface area contributed by atoms with Crippen LogP contribution in [0.1, 0.15) is 40.0 Å². The van der Waals surface area contributed by atoms with E-state index in [1.807, 2.05) is 13.8 Å². The number of hydrogen-bond donors (Lipinski definition) is 0. The molecule has 2 atom stereocenters. The molecule has 0 aliphatic rings. The lowest BCUT2D eigenvalue weighted by atomic mass is 9.85. The van der Waals surface area contributed by atoms with E-state index in [0.717, 1.165) is 0 Å². The van der Waals surface area contributed by atoms with Gasteiger partial charge >= 0.3 is 5.97 Å². The number of carbonyl (C=O) groups excluding carboxylic acids is 1. The highest BCUT2D eigenvalue weighted by molar-refractivity contribution is 5.69. The Kier molecular flexibility index (Phi) is 8.33. The highest BCUT2D eigenvalue weighted by Gasteiger charge is 2.47. The molecular formula is C13H25NO6. The van der Waals surface area contributed by atoms with E-state index in [1.165, 1.54) is 21.1 Å². The van der Waals surface area contributed by atoms with Gasteiger partial charge in [0.15, 0.2) is 0 Å². The van der Waals surface area contributed by atoms with Crippen LogP contribution in [0.4, 0.5) is 0 Å². The Labute approximate surface area is 119 Å². The van der Waals surface area contributed by atoms with E-state index < -0.39 is 17.6 Å². The molecule has 0 rings (SSSR count). The molecule has 0 N–H and O–H groups in total. The molecular weight excluding hydrogens is 266 g/mol. The van der Waals surface area contributed by atoms with Crippen LogP contribution in [0, 0.1) is 16.0 Å². The molecule has 20 heavy (non-hydrogen) atoms. The molecule has 118 valence electrons. The Balaban J connectivity index is 5.00. The molecule has 0 aliphatic heterocycles. The van der Waals surface area contributed by atoms with Crippen molar-refractivity contribution in [1.29, 1.82) is 0 Å². The van der Waals surface area contributed by atoms with Crippen LogP contribution in [-0.4, -0.2) is 43.5 Å². The zero-order valence-electron chi connectivity index (χ0n) is 12.9. The molecule has 0 aliphatic carbocycles. The van der Waals surface area contributed by atoms with Crippen molar-refractivity contribution in [3.63, 3.8) is 0 Å². The van der Waals surface area contributed by atoms with E-state index in [0.29, 0.717) is 6.42 Å². The van der Waals surface area contributed by atoms with Gasteiger partial charge < -0.3 is 14.2 Å². The molecule has 7 nitrogen and oxygen atoms in total. The van der Waals surface area contributed by atoms with E-state index in [9.17, 15) is 14.9 Å². The number of esters is 1. The predicted octanol–water partition coefficient (Wildman–Crippen LogP) is 2.01. The van der Waals surface area contributed by atoms with E-state index >= 15 is 0 Å². The highest BCUT2D eigenvalue weighted by Crippen LogP contribution is 2.28. The molecule has 0 aromatic heterocycles. The number of ether oxygens (including phenoxy) is 3. The number of hydrogen-bond acceptors (Lipinski definition) is 6. The quantitative estimate of drug-likeness (QED) is 0.265. The number of rotatable bonds is 10. The van der Waals surface area contributed by atoms with Crippen LogP contribution in [0.2, 0.25) is 0 Å². The van der Waals surface area contributed by atoms with Crippen molar-refractivity contribution >= 4 is 5.97 Å². The number of methoxy groups -OCH3 is 2. The minimum Gasteiger partial charge on any atom is -0.469 e. The van der Waals surface area contributed by atoms with E-state index in [4.69, 9.17) is 9.47 Å². The average molecular weight is 291 g/mol. The minimum absolute atomic E-state index is 0.0148. The average Bonchev–Trinajstić information content (AvgIpc) is 2.39. The monoisotopic (exact) mass is 291 g/mol. The van der Waals surface area contributed by atoms with Gasteiger partial charge in [0.25, 0.3) is 0 Å². The van der Waals surface area contributed by atoms with Gasteiger partial charge in [0.1, 0.15) is 12.9 Å². The molecule has 0 aromatic rings. The summed E-state index contributed by atoms with van der Waals surface area (Å²) in [6.07, 6.45) is -0.0589. The summed E-state index contributed by atoms with van der Waals surface area (Å²) in [5.41, 5.74) is -1.35. The second kappa shape index (κ2) is 8.86. The summed E-state index contributed by atoms with van der Waals surface area (Å²) in [5, 5.41) is 11.4. The lowest BCUT2D eigenvalue weighted by Crippen LogP contribution is -2.49. The topological polar surface area (TPSA) is 87.9 Å². The summed E-state index contributed by atoms with van der Waals surface area (Å²) in [6, 6.07) is 0. The molecule has 0 spiro atoms. The van der Waals surface area contributed by atoms with E-state index in [1.54, 1.807) is 0 Å². The summed E-state index contributed by atoms with van der Waals surface area (Å²) in [6.45, 7) is 5.41. The molecule has 0 radical (unpaired) electrons. The molecule has 0 saturated carbocycles. The molecule has 0 fully saturated rings. The van der Waals surface area contributed by atoms with Gasteiger partial charge in [0.05, 0.1) is 13.5 Å². The lowest BCUT2D eigenvalue weighted by Gasteiger charge is -2.30. The summed E-state index contributed by atoms with van der Waals surface area (Å²) in [5.74, 6) is -0.234. The Bertz CT molecular complexity index is 320. The van der Waals surface area contributed by atoms with Crippen LogP contribution < -0.4 is 0 Å². The largest absolute Gasteiger partial charge is 0.469 e. The third-order valence-electron chi connectivity index (χ3n) is 3.25. The maximum absolute atomic E-state index is 11.4.